The first kappa shape index (κ1) is 24.7. The summed E-state index contributed by atoms with van der Waals surface area (Å²) in [5.41, 5.74) is 6.65. The van der Waals surface area contributed by atoms with E-state index >= 15 is 0 Å². The molecule has 1 aromatic heterocycles. The monoisotopic (exact) mass is 472 g/mol. The van der Waals surface area contributed by atoms with Gasteiger partial charge in [-0.1, -0.05) is 25.1 Å². The number of aromatic hydroxyl groups is 1. The number of aryl methyl sites for hydroxylation is 1. The number of anilines is 1. The lowest BCUT2D eigenvalue weighted by molar-refractivity contribution is 0.0773. The highest BCUT2D eigenvalue weighted by molar-refractivity contribution is 5.94. The maximum absolute atomic E-state index is 12.6. The quantitative estimate of drug-likeness (QED) is 0.509. The van der Waals surface area contributed by atoms with E-state index in [1.165, 1.54) is 23.0 Å². The molecular formula is C29H36N4O2. The molecule has 35 heavy (non-hydrogen) atoms. The Labute approximate surface area is 208 Å². The molecule has 2 heterocycles. The lowest BCUT2D eigenvalue weighted by Crippen LogP contribution is -2.46. The van der Waals surface area contributed by atoms with Gasteiger partial charge >= 0.3 is 0 Å². The van der Waals surface area contributed by atoms with E-state index < -0.39 is 0 Å². The minimum Gasteiger partial charge on any atom is -0.506 e. The number of rotatable bonds is 8. The fourth-order valence-electron chi connectivity index (χ4n) is 4.79. The van der Waals surface area contributed by atoms with Gasteiger partial charge in [-0.15, -0.1) is 0 Å². The Morgan fingerprint density at radius 3 is 2.23 bits per heavy atom. The molecule has 1 amide bonds. The van der Waals surface area contributed by atoms with Crippen molar-refractivity contribution in [2.45, 2.75) is 33.7 Å². The van der Waals surface area contributed by atoms with Gasteiger partial charge in [0, 0.05) is 68.8 Å². The van der Waals surface area contributed by atoms with E-state index in [1.807, 2.05) is 30.9 Å². The van der Waals surface area contributed by atoms with Crippen LogP contribution in [-0.4, -0.2) is 65.1 Å². The van der Waals surface area contributed by atoms with Crippen LogP contribution in [0.4, 0.5) is 5.69 Å². The van der Waals surface area contributed by atoms with Gasteiger partial charge < -0.3 is 14.9 Å². The molecule has 2 aromatic carbocycles. The highest BCUT2D eigenvalue weighted by Gasteiger charge is 2.19. The van der Waals surface area contributed by atoms with Crippen molar-refractivity contribution in [3.05, 3.63) is 77.6 Å². The average molecular weight is 473 g/mol. The highest BCUT2D eigenvalue weighted by Crippen LogP contribution is 2.26. The molecule has 1 aliphatic rings. The predicted molar refractivity (Wildman–Crippen MR) is 142 cm³/mol. The number of pyridine rings is 1. The summed E-state index contributed by atoms with van der Waals surface area (Å²) >= 11 is 0. The third-order valence-corrected chi connectivity index (χ3v) is 6.94. The Bertz CT molecular complexity index is 1130. The van der Waals surface area contributed by atoms with Crippen molar-refractivity contribution in [2.75, 3.05) is 44.2 Å². The zero-order chi connectivity index (χ0) is 24.8. The first-order valence-electron chi connectivity index (χ1n) is 12.6. The van der Waals surface area contributed by atoms with Crippen molar-refractivity contribution in [2.24, 2.45) is 0 Å². The van der Waals surface area contributed by atoms with E-state index in [0.29, 0.717) is 0 Å². The summed E-state index contributed by atoms with van der Waals surface area (Å²) in [6.07, 6.45) is 4.21. The second kappa shape index (κ2) is 11.4. The summed E-state index contributed by atoms with van der Waals surface area (Å²) in [4.78, 5) is 23.5. The number of piperazine rings is 1. The molecule has 0 bridgehead atoms. The fourth-order valence-corrected chi connectivity index (χ4v) is 4.79. The maximum Gasteiger partial charge on any atom is 0.253 e. The Hall–Kier alpha value is -3.38. The lowest BCUT2D eigenvalue weighted by atomic mass is 9.98. The molecule has 1 aliphatic heterocycles. The molecule has 1 fully saturated rings. The summed E-state index contributed by atoms with van der Waals surface area (Å²) < 4.78 is 0. The van der Waals surface area contributed by atoms with Crippen LogP contribution in [0.15, 0.2) is 60.9 Å². The van der Waals surface area contributed by atoms with Crippen molar-refractivity contribution < 1.29 is 9.90 Å². The number of benzene rings is 2. The minimum absolute atomic E-state index is 0.101. The fraction of sp³-hybridized carbons (Fsp3) is 0.379. The lowest BCUT2D eigenvalue weighted by Gasteiger charge is -2.36. The van der Waals surface area contributed by atoms with Crippen molar-refractivity contribution >= 4 is 11.6 Å². The molecule has 1 saturated heterocycles. The molecule has 6 heteroatoms. The number of nitrogens with zero attached hydrogens (tertiary/aromatic N) is 4. The molecule has 6 nitrogen and oxygen atoms in total. The van der Waals surface area contributed by atoms with E-state index in [0.717, 1.165) is 68.9 Å². The average Bonchev–Trinajstić information content (AvgIpc) is 2.90. The number of amides is 1. The molecule has 184 valence electrons. The third kappa shape index (κ3) is 5.82. The SMILES string of the molecule is CCc1cc(-c2cncc(O)c2)ccc1CN1CCN(c2ccc(C(=O)N(CC)CC)cc2)CC1. The van der Waals surface area contributed by atoms with Gasteiger partial charge in [0.05, 0.1) is 6.20 Å². The smallest absolute Gasteiger partial charge is 0.253 e. The molecule has 0 unspecified atom stereocenters. The highest BCUT2D eigenvalue weighted by atomic mass is 16.3. The number of aromatic nitrogens is 1. The van der Waals surface area contributed by atoms with Gasteiger partial charge in [0.2, 0.25) is 0 Å². The van der Waals surface area contributed by atoms with E-state index in [1.54, 1.807) is 12.3 Å². The van der Waals surface area contributed by atoms with Crippen LogP contribution < -0.4 is 4.90 Å². The van der Waals surface area contributed by atoms with Crippen LogP contribution in [0.2, 0.25) is 0 Å². The summed E-state index contributed by atoms with van der Waals surface area (Å²) in [7, 11) is 0. The summed E-state index contributed by atoms with van der Waals surface area (Å²) in [6.45, 7) is 12.6. The molecule has 0 atom stereocenters. The molecule has 0 spiro atoms. The maximum atomic E-state index is 12.6. The summed E-state index contributed by atoms with van der Waals surface area (Å²) in [5, 5.41) is 9.77. The number of hydrogen-bond donors (Lipinski definition) is 1. The topological polar surface area (TPSA) is 59.9 Å². The van der Waals surface area contributed by atoms with Crippen LogP contribution >= 0.6 is 0 Å². The Morgan fingerprint density at radius 2 is 1.60 bits per heavy atom. The molecule has 1 N–H and O–H groups in total. The van der Waals surface area contributed by atoms with E-state index in [-0.39, 0.29) is 11.7 Å². The van der Waals surface area contributed by atoms with Crippen molar-refractivity contribution in [1.82, 2.24) is 14.8 Å². The van der Waals surface area contributed by atoms with Gasteiger partial charge in [-0.25, -0.2) is 0 Å². The van der Waals surface area contributed by atoms with Gasteiger partial charge in [0.25, 0.3) is 5.91 Å². The second-order valence-corrected chi connectivity index (χ2v) is 9.06. The second-order valence-electron chi connectivity index (χ2n) is 9.06. The van der Waals surface area contributed by atoms with Gasteiger partial charge in [0.15, 0.2) is 0 Å². The number of hydrogen-bond acceptors (Lipinski definition) is 5. The Balaban J connectivity index is 1.36. The van der Waals surface area contributed by atoms with Gasteiger partial charge in [-0.3, -0.25) is 14.7 Å². The predicted octanol–water partition coefficient (Wildman–Crippen LogP) is 4.82. The van der Waals surface area contributed by atoms with Gasteiger partial charge in [-0.05, 0) is 67.3 Å². The summed E-state index contributed by atoms with van der Waals surface area (Å²) in [5.74, 6) is 0.289. The van der Waals surface area contributed by atoms with Crippen LogP contribution in [0.5, 0.6) is 5.75 Å². The minimum atomic E-state index is 0.101. The Kier molecular flexibility index (Phi) is 8.03. The first-order chi connectivity index (χ1) is 17.0. The standard InChI is InChI=1S/C29H36N4O2/c1-4-22-17-24(26-18-28(34)20-30-19-26)7-8-25(22)21-31-13-15-33(16-14-31)27-11-9-23(10-12-27)29(35)32(5-2)6-3/h7-12,17-20,34H,4-6,13-16,21H2,1-3H3. The van der Waals surface area contributed by atoms with E-state index in [4.69, 9.17) is 0 Å². The zero-order valence-electron chi connectivity index (χ0n) is 21.1. The largest absolute Gasteiger partial charge is 0.506 e. The third-order valence-electron chi connectivity index (χ3n) is 6.94. The van der Waals surface area contributed by atoms with E-state index in [9.17, 15) is 9.90 Å². The summed E-state index contributed by atoms with van der Waals surface area (Å²) in [6, 6.07) is 16.4. The molecule has 3 aromatic rings. The van der Waals surface area contributed by atoms with Gasteiger partial charge in [0.1, 0.15) is 5.75 Å². The van der Waals surface area contributed by atoms with Crippen LogP contribution in [0.25, 0.3) is 11.1 Å². The molecular weight excluding hydrogens is 436 g/mol. The van der Waals surface area contributed by atoms with Crippen LogP contribution in [-0.2, 0) is 13.0 Å². The van der Waals surface area contributed by atoms with Crippen LogP contribution in [0.1, 0.15) is 42.3 Å². The van der Waals surface area contributed by atoms with Crippen molar-refractivity contribution in [1.29, 1.82) is 0 Å². The molecule has 4 rings (SSSR count). The van der Waals surface area contributed by atoms with Crippen LogP contribution in [0, 0.1) is 0 Å². The molecule has 0 radical (unpaired) electrons. The number of carbonyl (C=O) groups is 1. The first-order valence-corrected chi connectivity index (χ1v) is 12.6. The van der Waals surface area contributed by atoms with Crippen LogP contribution in [0.3, 0.4) is 0 Å². The van der Waals surface area contributed by atoms with Crippen molar-refractivity contribution in [3.8, 4) is 16.9 Å². The molecule has 0 aliphatic carbocycles. The van der Waals surface area contributed by atoms with Gasteiger partial charge in [-0.2, -0.15) is 0 Å². The van der Waals surface area contributed by atoms with Crippen molar-refractivity contribution in [3.63, 3.8) is 0 Å². The van der Waals surface area contributed by atoms with E-state index in [2.05, 4.69) is 52.0 Å². The normalized spacial score (nSPS) is 14.2. The number of carbonyl (C=O) groups excluding carboxylic acids is 1. The zero-order valence-corrected chi connectivity index (χ0v) is 21.1. The molecule has 0 saturated carbocycles. The Morgan fingerprint density at radius 1 is 0.886 bits per heavy atom.